The van der Waals surface area contributed by atoms with E-state index < -0.39 is 5.60 Å². The molecule has 34 heavy (non-hydrogen) atoms. The number of rotatable bonds is 8. The second kappa shape index (κ2) is 10.3. The maximum Gasteiger partial charge on any atom is 0.123 e. The smallest absolute Gasteiger partial charge is 0.123 e. The number of aliphatic hydroxyl groups is 1. The zero-order valence-electron chi connectivity index (χ0n) is 20.3. The minimum absolute atomic E-state index is 0.326. The molecule has 4 rings (SSSR count). The minimum Gasteiger partial charge on any atom is -0.496 e. The van der Waals surface area contributed by atoms with E-state index in [0.717, 1.165) is 49.8 Å². The van der Waals surface area contributed by atoms with Crippen LogP contribution in [0.1, 0.15) is 34.6 Å². The molecule has 0 spiro atoms. The highest BCUT2D eigenvalue weighted by Gasteiger charge is 2.42. The molecular weight excluding hydrogens is 486 g/mol. The summed E-state index contributed by atoms with van der Waals surface area (Å²) >= 11 is 3.61. The van der Waals surface area contributed by atoms with Gasteiger partial charge in [-0.1, -0.05) is 76.6 Å². The van der Waals surface area contributed by atoms with Crippen molar-refractivity contribution in [1.29, 1.82) is 0 Å². The molecule has 1 N–H and O–H groups in total. The van der Waals surface area contributed by atoms with Crippen molar-refractivity contribution in [2.45, 2.75) is 24.9 Å². The largest absolute Gasteiger partial charge is 0.496 e. The Morgan fingerprint density at radius 3 is 2.29 bits per heavy atom. The Labute approximate surface area is 211 Å². The van der Waals surface area contributed by atoms with E-state index in [2.05, 4.69) is 76.3 Å². The summed E-state index contributed by atoms with van der Waals surface area (Å²) in [6.07, 6.45) is 0.574. The fourth-order valence-corrected chi connectivity index (χ4v) is 5.29. The van der Waals surface area contributed by atoms with E-state index in [9.17, 15) is 5.11 Å². The Hall–Kier alpha value is -2.66. The summed E-state index contributed by atoms with van der Waals surface area (Å²) in [6, 6.07) is 29.0. The molecular formula is C30H32BrNO2. The lowest BCUT2D eigenvalue weighted by atomic mass is 9.70. The first-order valence-corrected chi connectivity index (χ1v) is 12.4. The van der Waals surface area contributed by atoms with Crippen molar-refractivity contribution in [2.75, 3.05) is 27.7 Å². The standard InChI is InChI=1S/C30H32BrNO2/c1-21-10-8-9-13-27(21)30(33,16-17-32(2)3)29(22-11-6-5-7-12-22)26-19-24-18-25(31)15-14-23(24)20-28(26)34-4/h5-15,18-20,29,33H,16-17H2,1-4H3. The monoisotopic (exact) mass is 517 g/mol. The fraction of sp³-hybridized carbons (Fsp3) is 0.267. The van der Waals surface area contributed by atoms with Gasteiger partial charge in [0, 0.05) is 22.5 Å². The van der Waals surface area contributed by atoms with Crippen LogP contribution in [0.4, 0.5) is 0 Å². The van der Waals surface area contributed by atoms with Crippen LogP contribution in [-0.4, -0.2) is 37.8 Å². The lowest BCUT2D eigenvalue weighted by molar-refractivity contribution is 0.00339. The highest BCUT2D eigenvalue weighted by Crippen LogP contribution is 2.48. The van der Waals surface area contributed by atoms with Gasteiger partial charge in [-0.25, -0.2) is 0 Å². The van der Waals surface area contributed by atoms with Crippen molar-refractivity contribution in [3.05, 3.63) is 112 Å². The fourth-order valence-electron chi connectivity index (χ4n) is 4.91. The lowest BCUT2D eigenvalue weighted by Gasteiger charge is -2.40. The van der Waals surface area contributed by atoms with Crippen LogP contribution in [0.2, 0.25) is 0 Å². The third-order valence-corrected chi connectivity index (χ3v) is 7.12. The zero-order chi connectivity index (χ0) is 24.3. The average Bonchev–Trinajstić information content (AvgIpc) is 2.83. The quantitative estimate of drug-likeness (QED) is 0.276. The second-order valence-electron chi connectivity index (χ2n) is 9.22. The maximum atomic E-state index is 12.7. The van der Waals surface area contributed by atoms with Crippen molar-refractivity contribution in [3.8, 4) is 5.75 Å². The van der Waals surface area contributed by atoms with Gasteiger partial charge in [-0.2, -0.15) is 0 Å². The van der Waals surface area contributed by atoms with Gasteiger partial charge in [0.2, 0.25) is 0 Å². The van der Waals surface area contributed by atoms with E-state index in [1.807, 2.05) is 50.5 Å². The van der Waals surface area contributed by atoms with Gasteiger partial charge >= 0.3 is 0 Å². The first kappa shape index (κ1) is 24.5. The zero-order valence-corrected chi connectivity index (χ0v) is 21.8. The molecule has 176 valence electrons. The number of hydrogen-bond acceptors (Lipinski definition) is 3. The van der Waals surface area contributed by atoms with Crippen molar-refractivity contribution in [3.63, 3.8) is 0 Å². The number of methoxy groups -OCH3 is 1. The predicted octanol–water partition coefficient (Wildman–Crippen LogP) is 6.89. The number of benzene rings is 4. The Balaban J connectivity index is 2.03. The number of nitrogens with zero attached hydrogens (tertiary/aromatic N) is 1. The number of ether oxygens (including phenoxy) is 1. The minimum atomic E-state index is -1.15. The predicted molar refractivity (Wildman–Crippen MR) is 145 cm³/mol. The molecule has 0 saturated heterocycles. The molecule has 2 atom stereocenters. The van der Waals surface area contributed by atoms with Crippen molar-refractivity contribution < 1.29 is 9.84 Å². The van der Waals surface area contributed by atoms with E-state index in [1.54, 1.807) is 7.11 Å². The molecule has 3 nitrogen and oxygen atoms in total. The van der Waals surface area contributed by atoms with Crippen LogP contribution in [0.15, 0.2) is 89.4 Å². The molecule has 0 aromatic heterocycles. The van der Waals surface area contributed by atoms with Gasteiger partial charge < -0.3 is 14.7 Å². The summed E-state index contributed by atoms with van der Waals surface area (Å²) in [5, 5.41) is 14.9. The van der Waals surface area contributed by atoms with E-state index in [4.69, 9.17) is 4.74 Å². The molecule has 4 heteroatoms. The molecule has 4 aromatic rings. The summed E-state index contributed by atoms with van der Waals surface area (Å²) in [5.41, 5.74) is 2.90. The van der Waals surface area contributed by atoms with Gasteiger partial charge in [0.05, 0.1) is 7.11 Å². The van der Waals surface area contributed by atoms with Crippen molar-refractivity contribution in [2.24, 2.45) is 0 Å². The molecule has 0 saturated carbocycles. The van der Waals surface area contributed by atoms with Crippen LogP contribution in [0.5, 0.6) is 5.75 Å². The summed E-state index contributed by atoms with van der Waals surface area (Å²) < 4.78 is 6.96. The Morgan fingerprint density at radius 1 is 0.912 bits per heavy atom. The van der Waals surface area contributed by atoms with Gasteiger partial charge in [-0.3, -0.25) is 0 Å². The van der Waals surface area contributed by atoms with Gasteiger partial charge in [-0.15, -0.1) is 0 Å². The molecule has 4 aromatic carbocycles. The van der Waals surface area contributed by atoms with Crippen LogP contribution in [0, 0.1) is 6.92 Å². The van der Waals surface area contributed by atoms with Crippen molar-refractivity contribution in [1.82, 2.24) is 4.90 Å². The Bertz CT molecular complexity index is 1270. The number of aryl methyl sites for hydroxylation is 1. The summed E-state index contributed by atoms with van der Waals surface area (Å²) in [6.45, 7) is 2.82. The van der Waals surface area contributed by atoms with Gasteiger partial charge in [0.15, 0.2) is 0 Å². The van der Waals surface area contributed by atoms with Crippen molar-refractivity contribution >= 4 is 26.7 Å². The second-order valence-corrected chi connectivity index (χ2v) is 10.1. The van der Waals surface area contributed by atoms with E-state index in [0.29, 0.717) is 6.42 Å². The molecule has 0 heterocycles. The highest BCUT2D eigenvalue weighted by molar-refractivity contribution is 9.10. The van der Waals surface area contributed by atoms with E-state index >= 15 is 0 Å². The molecule has 0 aliphatic heterocycles. The molecule has 0 amide bonds. The van der Waals surface area contributed by atoms with Crippen LogP contribution in [-0.2, 0) is 5.60 Å². The molecule has 0 aliphatic rings. The normalized spacial score (nSPS) is 14.2. The molecule has 0 fully saturated rings. The van der Waals surface area contributed by atoms with Crippen LogP contribution < -0.4 is 4.74 Å². The summed E-state index contributed by atoms with van der Waals surface area (Å²) in [5.74, 6) is 0.452. The Kier molecular flexibility index (Phi) is 7.42. The van der Waals surface area contributed by atoms with E-state index in [1.165, 1.54) is 0 Å². The topological polar surface area (TPSA) is 32.7 Å². The Morgan fingerprint density at radius 2 is 1.62 bits per heavy atom. The van der Waals surface area contributed by atoms with Crippen LogP contribution >= 0.6 is 15.9 Å². The highest BCUT2D eigenvalue weighted by atomic mass is 79.9. The molecule has 0 radical (unpaired) electrons. The first-order chi connectivity index (χ1) is 16.3. The van der Waals surface area contributed by atoms with Gasteiger partial charge in [0.1, 0.15) is 11.4 Å². The average molecular weight is 518 g/mol. The van der Waals surface area contributed by atoms with Gasteiger partial charge in [0.25, 0.3) is 0 Å². The summed E-state index contributed by atoms with van der Waals surface area (Å²) in [4.78, 5) is 2.13. The number of halogens is 1. The van der Waals surface area contributed by atoms with E-state index in [-0.39, 0.29) is 5.92 Å². The molecule has 2 unspecified atom stereocenters. The SMILES string of the molecule is COc1cc2ccc(Br)cc2cc1C(c1ccccc1)C(O)(CCN(C)C)c1ccccc1C. The van der Waals surface area contributed by atoms with Crippen LogP contribution in [0.3, 0.4) is 0 Å². The first-order valence-electron chi connectivity index (χ1n) is 11.6. The number of hydrogen-bond donors (Lipinski definition) is 1. The third kappa shape index (κ3) is 4.90. The lowest BCUT2D eigenvalue weighted by Crippen LogP contribution is -2.38. The summed E-state index contributed by atoms with van der Waals surface area (Å²) in [7, 11) is 5.80. The molecule has 0 aliphatic carbocycles. The molecule has 0 bridgehead atoms. The maximum absolute atomic E-state index is 12.7. The van der Waals surface area contributed by atoms with Crippen LogP contribution in [0.25, 0.3) is 10.8 Å². The van der Waals surface area contributed by atoms with Gasteiger partial charge in [-0.05, 0) is 79.2 Å². The number of fused-ring (bicyclic) bond motifs is 1. The third-order valence-electron chi connectivity index (χ3n) is 6.62.